The van der Waals surface area contributed by atoms with Gasteiger partial charge in [0.25, 0.3) is 0 Å². The van der Waals surface area contributed by atoms with Crippen LogP contribution in [0.1, 0.15) is 12.8 Å². The van der Waals surface area contributed by atoms with Crippen LogP contribution in [0.2, 0.25) is 0 Å². The van der Waals surface area contributed by atoms with Crippen molar-refractivity contribution >= 4 is 27.1 Å². The number of unbranched alkanes of at least 4 members (excludes halogenated alkanes) is 1. The summed E-state index contributed by atoms with van der Waals surface area (Å²) in [5.74, 6) is -2.93. The first kappa shape index (κ1) is 19.2. The lowest BCUT2D eigenvalue weighted by molar-refractivity contribution is -0.135. The largest absolute Gasteiger partial charge is 0.481 e. The third-order valence-electron chi connectivity index (χ3n) is 1.79. The third-order valence-corrected chi connectivity index (χ3v) is 4.31. The van der Waals surface area contributed by atoms with Crippen molar-refractivity contribution in [3.63, 3.8) is 0 Å². The molecule has 0 aliphatic heterocycles. The van der Waals surface area contributed by atoms with Gasteiger partial charge in [0, 0.05) is 0 Å². The summed E-state index contributed by atoms with van der Waals surface area (Å²) in [4.78, 5) is 38.5. The van der Waals surface area contributed by atoms with Crippen molar-refractivity contribution in [3.8, 4) is 0 Å². The molecule has 0 aromatic heterocycles. The van der Waals surface area contributed by atoms with E-state index in [-0.39, 0.29) is 26.1 Å². The monoisotopic (exact) mass is 334 g/mol. The molecule has 20 heavy (non-hydrogen) atoms. The molecular weight excluding hydrogens is 318 g/mol. The highest BCUT2D eigenvalue weighted by Gasteiger charge is 2.24. The van der Waals surface area contributed by atoms with Gasteiger partial charge in [0.05, 0.1) is 13.2 Å². The molecule has 0 saturated carbocycles. The Kier molecular flexibility index (Phi) is 8.19. The molecule has 4 N–H and O–H groups in total. The van der Waals surface area contributed by atoms with Gasteiger partial charge in [0.2, 0.25) is 0 Å². The summed E-state index contributed by atoms with van der Waals surface area (Å²) in [5, 5.41) is 16.6. The lowest BCUT2D eigenvalue weighted by Crippen LogP contribution is -2.07. The van der Waals surface area contributed by atoms with Crippen molar-refractivity contribution in [2.24, 2.45) is 0 Å². The average Bonchev–Trinajstić information content (AvgIpc) is 2.19. The smallest absolute Gasteiger partial charge is 0.339 e. The zero-order valence-corrected chi connectivity index (χ0v) is 12.2. The van der Waals surface area contributed by atoms with Crippen molar-refractivity contribution < 1.29 is 47.8 Å². The zero-order chi connectivity index (χ0) is 15.8. The van der Waals surface area contributed by atoms with E-state index in [0.717, 1.165) is 0 Å². The summed E-state index contributed by atoms with van der Waals surface area (Å²) in [7, 11) is -8.34. The van der Waals surface area contributed by atoms with Crippen molar-refractivity contribution in [1.29, 1.82) is 0 Å². The van der Waals surface area contributed by atoms with Crippen LogP contribution < -0.4 is 0 Å². The van der Waals surface area contributed by atoms with Crippen LogP contribution in [0.3, 0.4) is 0 Å². The Morgan fingerprint density at radius 2 is 1.10 bits per heavy atom. The van der Waals surface area contributed by atoms with E-state index in [1.54, 1.807) is 0 Å². The van der Waals surface area contributed by atoms with Crippen molar-refractivity contribution in [2.75, 3.05) is 25.5 Å². The lowest BCUT2D eigenvalue weighted by atomic mass is 10.3. The normalized spacial score (nSPS) is 17.1. The standard InChI is InChI=1S/C8H16O10P2/c9-7(10)5-19(13,14)17-3-1-2-4-18-20(15,16)6-8(11)12/h1-6H2,(H,9,10)(H,11,12)(H,13,14)(H,15,16). The quantitative estimate of drug-likeness (QED) is 0.305. The van der Waals surface area contributed by atoms with Crippen LogP contribution in [0, 0.1) is 0 Å². The second-order valence-corrected chi connectivity index (χ2v) is 7.45. The molecule has 2 unspecified atom stereocenters. The molecule has 0 saturated heterocycles. The van der Waals surface area contributed by atoms with Gasteiger partial charge in [0.1, 0.15) is 12.3 Å². The van der Waals surface area contributed by atoms with E-state index in [2.05, 4.69) is 9.05 Å². The molecule has 0 aromatic carbocycles. The molecule has 0 bridgehead atoms. The molecule has 0 aromatic rings. The molecular formula is C8H16O10P2. The highest BCUT2D eigenvalue weighted by Crippen LogP contribution is 2.42. The molecule has 12 heteroatoms. The van der Waals surface area contributed by atoms with Crippen molar-refractivity contribution in [3.05, 3.63) is 0 Å². The third kappa shape index (κ3) is 11.1. The summed E-state index contributed by atoms with van der Waals surface area (Å²) in [6.07, 6.45) is -1.66. The second-order valence-electron chi connectivity index (χ2n) is 3.75. The van der Waals surface area contributed by atoms with Crippen LogP contribution in [0.15, 0.2) is 0 Å². The van der Waals surface area contributed by atoms with Crippen molar-refractivity contribution in [1.82, 2.24) is 0 Å². The van der Waals surface area contributed by atoms with E-state index in [1.807, 2.05) is 0 Å². The number of carbonyl (C=O) groups is 2. The molecule has 0 rings (SSSR count). The first-order valence-electron chi connectivity index (χ1n) is 5.40. The van der Waals surface area contributed by atoms with E-state index in [9.17, 15) is 18.7 Å². The Morgan fingerprint density at radius 3 is 1.35 bits per heavy atom. The molecule has 0 aliphatic carbocycles. The fourth-order valence-electron chi connectivity index (χ4n) is 1.05. The second kappa shape index (κ2) is 8.51. The van der Waals surface area contributed by atoms with Gasteiger partial charge in [-0.3, -0.25) is 18.7 Å². The van der Waals surface area contributed by atoms with Gasteiger partial charge in [-0.1, -0.05) is 0 Å². The fraction of sp³-hybridized carbons (Fsp3) is 0.750. The van der Waals surface area contributed by atoms with Gasteiger partial charge in [-0.15, -0.1) is 0 Å². The number of carboxylic acid groups (broad SMARTS) is 2. The maximum atomic E-state index is 11.1. The molecule has 0 amide bonds. The topological polar surface area (TPSA) is 168 Å². The number of aliphatic carboxylic acids is 2. The minimum Gasteiger partial charge on any atom is -0.481 e. The van der Waals surface area contributed by atoms with Crippen molar-refractivity contribution in [2.45, 2.75) is 12.8 Å². The molecule has 0 radical (unpaired) electrons. The van der Waals surface area contributed by atoms with E-state index in [4.69, 9.17) is 20.0 Å². The van der Waals surface area contributed by atoms with Crippen LogP contribution in [0.5, 0.6) is 0 Å². The van der Waals surface area contributed by atoms with Gasteiger partial charge in [-0.2, -0.15) is 0 Å². The summed E-state index contributed by atoms with van der Waals surface area (Å²) in [6.45, 7) is -0.446. The SMILES string of the molecule is O=C(O)CP(=O)(O)OCCCCOP(=O)(O)CC(=O)O. The highest BCUT2D eigenvalue weighted by molar-refractivity contribution is 7.54. The minimum atomic E-state index is -4.17. The zero-order valence-electron chi connectivity index (χ0n) is 10.4. The number of hydrogen-bond acceptors (Lipinski definition) is 6. The number of hydrogen-bond donors (Lipinski definition) is 4. The van der Waals surface area contributed by atoms with Crippen LogP contribution in [0.25, 0.3) is 0 Å². The maximum absolute atomic E-state index is 11.1. The van der Waals surface area contributed by atoms with Gasteiger partial charge in [-0.05, 0) is 12.8 Å². The predicted molar refractivity (Wildman–Crippen MR) is 65.8 cm³/mol. The van der Waals surface area contributed by atoms with E-state index >= 15 is 0 Å². The molecule has 0 aliphatic rings. The summed E-state index contributed by atoms with van der Waals surface area (Å²) in [5.41, 5.74) is 0. The Labute approximate surface area is 114 Å². The molecule has 10 nitrogen and oxygen atoms in total. The van der Waals surface area contributed by atoms with Gasteiger partial charge in [-0.25, -0.2) is 0 Å². The molecule has 118 valence electrons. The number of carboxylic acids is 2. The Morgan fingerprint density at radius 1 is 0.800 bits per heavy atom. The highest BCUT2D eigenvalue weighted by atomic mass is 31.2. The van der Waals surface area contributed by atoms with Crippen LogP contribution in [0.4, 0.5) is 0 Å². The summed E-state index contributed by atoms with van der Waals surface area (Å²) < 4.78 is 31.2. The van der Waals surface area contributed by atoms with Crippen LogP contribution in [-0.4, -0.2) is 57.5 Å². The molecule has 0 spiro atoms. The molecule has 2 atom stereocenters. The predicted octanol–water partition coefficient (Wildman–Crippen LogP) is 0.340. The average molecular weight is 334 g/mol. The van der Waals surface area contributed by atoms with E-state index in [0.29, 0.717) is 0 Å². The molecule has 0 heterocycles. The Hall–Kier alpha value is -0.760. The maximum Gasteiger partial charge on any atom is 0.339 e. The minimum absolute atomic E-state index is 0.178. The fourth-order valence-corrected chi connectivity index (χ4v) is 2.75. The Balaban J connectivity index is 3.78. The molecule has 0 fully saturated rings. The van der Waals surface area contributed by atoms with Gasteiger partial charge < -0.3 is 29.0 Å². The first-order chi connectivity index (χ1) is 9.04. The lowest BCUT2D eigenvalue weighted by Gasteiger charge is -2.11. The van der Waals surface area contributed by atoms with E-state index in [1.165, 1.54) is 0 Å². The summed E-state index contributed by atoms with van der Waals surface area (Å²) in [6, 6.07) is 0. The van der Waals surface area contributed by atoms with Gasteiger partial charge >= 0.3 is 27.1 Å². The van der Waals surface area contributed by atoms with Crippen LogP contribution in [-0.2, 0) is 27.8 Å². The number of rotatable bonds is 11. The van der Waals surface area contributed by atoms with E-state index < -0.39 is 39.5 Å². The van der Waals surface area contributed by atoms with Crippen LogP contribution >= 0.6 is 15.2 Å². The van der Waals surface area contributed by atoms with Gasteiger partial charge in [0.15, 0.2) is 0 Å². The first-order valence-corrected chi connectivity index (χ1v) is 8.93. The summed E-state index contributed by atoms with van der Waals surface area (Å²) >= 11 is 0. The Bertz CT molecular complexity index is 393.